The van der Waals surface area contributed by atoms with Gasteiger partial charge in [0.2, 0.25) is 0 Å². The van der Waals surface area contributed by atoms with Crippen molar-refractivity contribution in [2.45, 2.75) is 51.4 Å². The number of benzene rings is 1. The molecule has 4 nitrogen and oxygen atoms in total. The number of piperidine rings is 1. The lowest BCUT2D eigenvalue weighted by Crippen LogP contribution is -2.40. The molecule has 2 aromatic rings. The van der Waals surface area contributed by atoms with Gasteiger partial charge in [-0.25, -0.2) is 4.98 Å². The summed E-state index contributed by atoms with van der Waals surface area (Å²) >= 11 is 1.79. The number of thiazole rings is 1. The van der Waals surface area contributed by atoms with Gasteiger partial charge in [0, 0.05) is 6.54 Å². The standard InChI is InChI=1S/C18H26N2O2S/c1-13(2)22-12-14(21)11-20-10-6-5-8-16(20)18-19-15-7-3-4-9-17(15)23-18/h3-4,7,9,13-14,16,21H,5-6,8,10-12H2,1-2H3. The molecule has 1 fully saturated rings. The first-order valence-corrected chi connectivity index (χ1v) is 9.34. The lowest BCUT2D eigenvalue weighted by molar-refractivity contribution is -0.0187. The molecule has 1 aromatic carbocycles. The van der Waals surface area contributed by atoms with E-state index in [4.69, 9.17) is 9.72 Å². The molecule has 1 aromatic heterocycles. The van der Waals surface area contributed by atoms with Crippen LogP contribution in [0.25, 0.3) is 10.2 Å². The number of likely N-dealkylation sites (tertiary alicyclic amines) is 1. The molecule has 5 heteroatoms. The summed E-state index contributed by atoms with van der Waals surface area (Å²) < 4.78 is 6.79. The van der Waals surface area contributed by atoms with Crippen LogP contribution in [0.5, 0.6) is 0 Å². The van der Waals surface area contributed by atoms with Crippen LogP contribution < -0.4 is 0 Å². The van der Waals surface area contributed by atoms with E-state index in [2.05, 4.69) is 23.1 Å². The quantitative estimate of drug-likeness (QED) is 0.876. The highest BCUT2D eigenvalue weighted by Gasteiger charge is 2.28. The second kappa shape index (κ2) is 7.71. The smallest absolute Gasteiger partial charge is 0.111 e. The summed E-state index contributed by atoms with van der Waals surface area (Å²) in [6, 6.07) is 8.64. The molecule has 0 spiro atoms. The zero-order valence-electron chi connectivity index (χ0n) is 13.9. The zero-order chi connectivity index (χ0) is 16.2. The van der Waals surface area contributed by atoms with E-state index >= 15 is 0 Å². The van der Waals surface area contributed by atoms with Crippen LogP contribution >= 0.6 is 11.3 Å². The third-order valence-corrected chi connectivity index (χ3v) is 5.41. The van der Waals surface area contributed by atoms with Gasteiger partial charge in [-0.3, -0.25) is 4.90 Å². The van der Waals surface area contributed by atoms with E-state index in [1.165, 1.54) is 22.5 Å². The second-order valence-electron chi connectivity index (χ2n) is 6.56. The molecule has 1 N–H and O–H groups in total. The van der Waals surface area contributed by atoms with Crippen molar-refractivity contribution in [3.63, 3.8) is 0 Å². The molecule has 3 rings (SSSR count). The van der Waals surface area contributed by atoms with Gasteiger partial charge in [0.25, 0.3) is 0 Å². The highest BCUT2D eigenvalue weighted by molar-refractivity contribution is 7.18. The van der Waals surface area contributed by atoms with Gasteiger partial charge in [-0.2, -0.15) is 0 Å². The van der Waals surface area contributed by atoms with Crippen LogP contribution in [0.3, 0.4) is 0 Å². The molecule has 2 heterocycles. The molecule has 1 aliphatic heterocycles. The maximum atomic E-state index is 10.3. The fourth-order valence-electron chi connectivity index (χ4n) is 3.15. The molecule has 0 aliphatic carbocycles. The highest BCUT2D eigenvalue weighted by atomic mass is 32.1. The van der Waals surface area contributed by atoms with Gasteiger partial charge in [-0.05, 0) is 45.4 Å². The van der Waals surface area contributed by atoms with Crippen molar-refractivity contribution < 1.29 is 9.84 Å². The first-order valence-electron chi connectivity index (χ1n) is 8.52. The van der Waals surface area contributed by atoms with Crippen LogP contribution in [0, 0.1) is 0 Å². The average Bonchev–Trinajstić information content (AvgIpc) is 2.97. The number of hydrogen-bond donors (Lipinski definition) is 1. The van der Waals surface area contributed by atoms with E-state index in [1.807, 2.05) is 19.9 Å². The van der Waals surface area contributed by atoms with E-state index in [0.29, 0.717) is 19.2 Å². The summed E-state index contributed by atoms with van der Waals surface area (Å²) in [5.74, 6) is 0. The molecule has 0 amide bonds. The van der Waals surface area contributed by atoms with Crippen molar-refractivity contribution in [3.05, 3.63) is 29.3 Å². The molecule has 0 bridgehead atoms. The topological polar surface area (TPSA) is 45.6 Å². The lowest BCUT2D eigenvalue weighted by atomic mass is 10.0. The molecule has 0 saturated carbocycles. The fourth-order valence-corrected chi connectivity index (χ4v) is 4.29. The number of fused-ring (bicyclic) bond motifs is 1. The molecule has 2 unspecified atom stereocenters. The minimum Gasteiger partial charge on any atom is -0.389 e. The maximum absolute atomic E-state index is 10.3. The Kier molecular flexibility index (Phi) is 5.64. The van der Waals surface area contributed by atoms with Crippen LogP contribution in [0.4, 0.5) is 0 Å². The van der Waals surface area contributed by atoms with Crippen molar-refractivity contribution >= 4 is 21.6 Å². The molecular formula is C18H26N2O2S. The first kappa shape index (κ1) is 16.8. The van der Waals surface area contributed by atoms with Gasteiger partial charge in [0.15, 0.2) is 0 Å². The number of ether oxygens (including phenoxy) is 1. The number of aromatic nitrogens is 1. The maximum Gasteiger partial charge on any atom is 0.111 e. The summed E-state index contributed by atoms with van der Waals surface area (Å²) in [5.41, 5.74) is 1.08. The van der Waals surface area contributed by atoms with E-state index in [1.54, 1.807) is 11.3 Å². The summed E-state index contributed by atoms with van der Waals surface area (Å²) in [4.78, 5) is 7.22. The Balaban J connectivity index is 1.70. The SMILES string of the molecule is CC(C)OCC(O)CN1CCCCC1c1nc2ccccc2s1. The Bertz CT molecular complexity index is 595. The van der Waals surface area contributed by atoms with E-state index in [-0.39, 0.29) is 6.10 Å². The van der Waals surface area contributed by atoms with E-state index < -0.39 is 6.10 Å². The third kappa shape index (κ3) is 4.29. The number of para-hydroxylation sites is 1. The summed E-state index contributed by atoms with van der Waals surface area (Å²) in [7, 11) is 0. The molecule has 1 aliphatic rings. The van der Waals surface area contributed by atoms with E-state index in [9.17, 15) is 5.11 Å². The van der Waals surface area contributed by atoms with Crippen molar-refractivity contribution in [2.75, 3.05) is 19.7 Å². The van der Waals surface area contributed by atoms with Gasteiger partial charge in [0.05, 0.1) is 35.1 Å². The molecule has 23 heavy (non-hydrogen) atoms. The highest BCUT2D eigenvalue weighted by Crippen LogP contribution is 2.35. The Hall–Kier alpha value is -1.01. The van der Waals surface area contributed by atoms with Gasteiger partial charge >= 0.3 is 0 Å². The van der Waals surface area contributed by atoms with Gasteiger partial charge in [0.1, 0.15) is 5.01 Å². The minimum absolute atomic E-state index is 0.158. The van der Waals surface area contributed by atoms with Crippen LogP contribution in [0.2, 0.25) is 0 Å². The van der Waals surface area contributed by atoms with Crippen LogP contribution in [-0.2, 0) is 4.74 Å². The van der Waals surface area contributed by atoms with Crippen molar-refractivity contribution in [1.82, 2.24) is 9.88 Å². The average molecular weight is 334 g/mol. The number of β-amino-alcohol motifs (C(OH)–C–C–N with tert-alkyl or cyclic N) is 1. The Morgan fingerprint density at radius 3 is 2.96 bits per heavy atom. The molecule has 1 saturated heterocycles. The van der Waals surface area contributed by atoms with Crippen molar-refractivity contribution in [2.24, 2.45) is 0 Å². The van der Waals surface area contributed by atoms with Crippen LogP contribution in [-0.4, -0.2) is 46.9 Å². The Labute approximate surface area is 142 Å². The second-order valence-corrected chi connectivity index (χ2v) is 7.62. The van der Waals surface area contributed by atoms with E-state index in [0.717, 1.165) is 18.5 Å². The van der Waals surface area contributed by atoms with Gasteiger partial charge in [-0.1, -0.05) is 18.6 Å². The van der Waals surface area contributed by atoms with Gasteiger partial charge < -0.3 is 9.84 Å². The predicted molar refractivity (Wildman–Crippen MR) is 94.9 cm³/mol. The monoisotopic (exact) mass is 334 g/mol. The number of aliphatic hydroxyl groups excluding tert-OH is 1. The third-order valence-electron chi connectivity index (χ3n) is 4.28. The van der Waals surface area contributed by atoms with Gasteiger partial charge in [-0.15, -0.1) is 11.3 Å². The normalized spacial score (nSPS) is 21.1. The molecule has 126 valence electrons. The van der Waals surface area contributed by atoms with Crippen LogP contribution in [0.1, 0.15) is 44.2 Å². The zero-order valence-corrected chi connectivity index (χ0v) is 14.8. The van der Waals surface area contributed by atoms with Crippen molar-refractivity contribution in [1.29, 1.82) is 0 Å². The summed E-state index contributed by atoms with van der Waals surface area (Å²) in [5, 5.41) is 11.5. The largest absolute Gasteiger partial charge is 0.389 e. The predicted octanol–water partition coefficient (Wildman–Crippen LogP) is 3.61. The number of hydrogen-bond acceptors (Lipinski definition) is 5. The Morgan fingerprint density at radius 2 is 2.17 bits per heavy atom. The molecule has 2 atom stereocenters. The summed E-state index contributed by atoms with van der Waals surface area (Å²) in [6.07, 6.45) is 3.27. The van der Waals surface area contributed by atoms with Crippen LogP contribution in [0.15, 0.2) is 24.3 Å². The number of aliphatic hydroxyl groups is 1. The number of nitrogens with zero attached hydrogens (tertiary/aromatic N) is 2. The fraction of sp³-hybridized carbons (Fsp3) is 0.611. The van der Waals surface area contributed by atoms with Crippen molar-refractivity contribution in [3.8, 4) is 0 Å². The molecular weight excluding hydrogens is 308 g/mol. The summed E-state index contributed by atoms with van der Waals surface area (Å²) in [6.45, 7) is 6.09. The number of rotatable bonds is 6. The molecule has 0 radical (unpaired) electrons. The minimum atomic E-state index is -0.438. The Morgan fingerprint density at radius 1 is 1.35 bits per heavy atom. The first-order chi connectivity index (χ1) is 11.1. The lowest BCUT2D eigenvalue weighted by Gasteiger charge is -2.35.